The van der Waals surface area contributed by atoms with Crippen LogP contribution >= 0.6 is 0 Å². The third-order valence-electron chi connectivity index (χ3n) is 5.13. The van der Waals surface area contributed by atoms with Crippen molar-refractivity contribution in [1.82, 2.24) is 10.2 Å². The lowest BCUT2D eigenvalue weighted by molar-refractivity contribution is -0.149. The van der Waals surface area contributed by atoms with E-state index in [2.05, 4.69) is 10.1 Å². The summed E-state index contributed by atoms with van der Waals surface area (Å²) in [5, 5.41) is 2.75. The quantitative estimate of drug-likeness (QED) is 0.599. The van der Waals surface area contributed by atoms with E-state index in [0.29, 0.717) is 12.8 Å². The topological polar surface area (TPSA) is 115 Å². The normalized spacial score (nSPS) is 20.0. The summed E-state index contributed by atoms with van der Waals surface area (Å²) in [4.78, 5) is 49.8. The van der Waals surface area contributed by atoms with Gasteiger partial charge >= 0.3 is 18.0 Å². The zero-order chi connectivity index (χ0) is 20.6. The number of nitrogens with one attached hydrogen (secondary N) is 1. The molecule has 1 aliphatic carbocycles. The Morgan fingerprint density at radius 3 is 2.79 bits per heavy atom. The molecule has 1 spiro atoms. The van der Waals surface area contributed by atoms with Crippen LogP contribution in [0.5, 0.6) is 0 Å². The molecule has 2 aliphatic rings. The fraction of sp³-hybridized carbons (Fsp3) is 0.300. The molecular formula is C20H18N2O7. The number of fused-ring (bicyclic) bond motifs is 2. The molecule has 2 heterocycles. The van der Waals surface area contributed by atoms with Crippen LogP contribution < -0.4 is 5.32 Å². The minimum absolute atomic E-state index is 0.0190. The second kappa shape index (κ2) is 7.08. The average Bonchev–Trinajstić information content (AvgIpc) is 3.40. The third kappa shape index (κ3) is 3.14. The summed E-state index contributed by atoms with van der Waals surface area (Å²) < 4.78 is 14.8. The predicted octanol–water partition coefficient (Wildman–Crippen LogP) is 1.50. The number of carbonyl (C=O) groups excluding carboxylic acids is 4. The van der Waals surface area contributed by atoms with Crippen LogP contribution in [-0.2, 0) is 37.6 Å². The molecule has 150 valence electrons. The minimum Gasteiger partial charge on any atom is -0.463 e. The van der Waals surface area contributed by atoms with Crippen molar-refractivity contribution in [3.8, 4) is 0 Å². The Balaban J connectivity index is 1.40. The van der Waals surface area contributed by atoms with Crippen molar-refractivity contribution in [2.45, 2.75) is 25.0 Å². The summed E-state index contributed by atoms with van der Waals surface area (Å²) in [5.74, 6) is -1.67. The number of imide groups is 1. The smallest absolute Gasteiger partial charge is 0.373 e. The molecule has 0 unspecified atom stereocenters. The molecule has 0 saturated carbocycles. The van der Waals surface area contributed by atoms with Gasteiger partial charge in [-0.2, -0.15) is 0 Å². The van der Waals surface area contributed by atoms with Crippen molar-refractivity contribution in [2.75, 3.05) is 13.7 Å². The van der Waals surface area contributed by atoms with Gasteiger partial charge in [-0.05, 0) is 36.1 Å². The molecule has 2 aromatic rings. The molecule has 1 fully saturated rings. The number of ether oxygens (including phenoxy) is 2. The zero-order valence-electron chi connectivity index (χ0n) is 15.6. The lowest BCUT2D eigenvalue weighted by Crippen LogP contribution is -2.42. The molecule has 0 bridgehead atoms. The maximum atomic E-state index is 13.0. The summed E-state index contributed by atoms with van der Waals surface area (Å²) >= 11 is 0. The van der Waals surface area contributed by atoms with Crippen LogP contribution in [0.4, 0.5) is 4.79 Å². The molecule has 1 aliphatic heterocycles. The highest BCUT2D eigenvalue weighted by atomic mass is 16.6. The van der Waals surface area contributed by atoms with Gasteiger partial charge in [0.15, 0.2) is 0 Å². The standard InChI is InChI=1S/C20H18N2O7/c1-27-17(24)15-7-6-13(29-15)11-28-16(23)10-22-18(25)20(21-19(22)26)9-8-12-4-2-3-5-14(12)20/h2-7H,8-11H2,1H3,(H,21,26)/t20-/m1/s1. The van der Waals surface area contributed by atoms with Crippen LogP contribution in [0, 0.1) is 0 Å². The van der Waals surface area contributed by atoms with E-state index >= 15 is 0 Å². The van der Waals surface area contributed by atoms with Crippen molar-refractivity contribution >= 4 is 23.9 Å². The van der Waals surface area contributed by atoms with Crippen molar-refractivity contribution < 1.29 is 33.1 Å². The number of urea groups is 1. The maximum Gasteiger partial charge on any atom is 0.373 e. The number of hydrogen-bond donors (Lipinski definition) is 1. The fourth-order valence-corrected chi connectivity index (χ4v) is 3.73. The Labute approximate surface area is 165 Å². The molecule has 1 aromatic heterocycles. The maximum absolute atomic E-state index is 13.0. The van der Waals surface area contributed by atoms with E-state index in [1.54, 1.807) is 0 Å². The summed E-state index contributed by atoms with van der Waals surface area (Å²) in [7, 11) is 1.22. The first-order valence-corrected chi connectivity index (χ1v) is 9.00. The van der Waals surface area contributed by atoms with Gasteiger partial charge in [0.25, 0.3) is 5.91 Å². The largest absolute Gasteiger partial charge is 0.463 e. The number of nitrogens with zero attached hydrogens (tertiary/aromatic N) is 1. The van der Waals surface area contributed by atoms with Gasteiger partial charge < -0.3 is 19.2 Å². The van der Waals surface area contributed by atoms with E-state index in [0.717, 1.165) is 16.0 Å². The van der Waals surface area contributed by atoms with Gasteiger partial charge in [-0.3, -0.25) is 14.5 Å². The van der Waals surface area contributed by atoms with Crippen LogP contribution in [0.1, 0.15) is 33.9 Å². The molecule has 9 heteroatoms. The monoisotopic (exact) mass is 398 g/mol. The molecule has 9 nitrogen and oxygen atoms in total. The van der Waals surface area contributed by atoms with Crippen LogP contribution in [0.3, 0.4) is 0 Å². The van der Waals surface area contributed by atoms with E-state index < -0.39 is 36.0 Å². The third-order valence-corrected chi connectivity index (χ3v) is 5.13. The van der Waals surface area contributed by atoms with E-state index in [1.165, 1.54) is 19.2 Å². The molecule has 1 aromatic carbocycles. The summed E-state index contributed by atoms with van der Waals surface area (Å²) in [6.07, 6.45) is 1.12. The molecular weight excluding hydrogens is 380 g/mol. The number of amides is 3. The molecule has 3 amide bonds. The highest BCUT2D eigenvalue weighted by molar-refractivity contribution is 6.09. The molecule has 1 atom stereocenters. The summed E-state index contributed by atoms with van der Waals surface area (Å²) in [6, 6.07) is 9.67. The lowest BCUT2D eigenvalue weighted by atomic mass is 9.92. The number of hydrogen-bond acceptors (Lipinski definition) is 7. The predicted molar refractivity (Wildman–Crippen MR) is 96.5 cm³/mol. The number of benzene rings is 1. The lowest BCUT2D eigenvalue weighted by Gasteiger charge is -2.22. The van der Waals surface area contributed by atoms with Crippen molar-refractivity contribution in [3.05, 3.63) is 59.0 Å². The number of aryl methyl sites for hydroxylation is 1. The van der Waals surface area contributed by atoms with Crippen molar-refractivity contribution in [1.29, 1.82) is 0 Å². The Hall–Kier alpha value is -3.62. The van der Waals surface area contributed by atoms with Gasteiger partial charge in [0, 0.05) is 0 Å². The molecule has 4 rings (SSSR count). The van der Waals surface area contributed by atoms with Crippen LogP contribution in [0.25, 0.3) is 0 Å². The zero-order valence-corrected chi connectivity index (χ0v) is 15.6. The molecule has 29 heavy (non-hydrogen) atoms. The van der Waals surface area contributed by atoms with Gasteiger partial charge in [-0.25, -0.2) is 9.59 Å². The first-order chi connectivity index (χ1) is 13.9. The van der Waals surface area contributed by atoms with Crippen molar-refractivity contribution in [3.63, 3.8) is 0 Å². The molecule has 0 radical (unpaired) electrons. The first kappa shape index (κ1) is 18.7. The number of furan rings is 1. The number of carbonyl (C=O) groups is 4. The van der Waals surface area contributed by atoms with E-state index in [-0.39, 0.29) is 18.1 Å². The highest BCUT2D eigenvalue weighted by Crippen LogP contribution is 2.41. The van der Waals surface area contributed by atoms with Crippen LogP contribution in [-0.4, -0.2) is 42.4 Å². The molecule has 1 saturated heterocycles. The number of rotatable bonds is 5. The fourth-order valence-electron chi connectivity index (χ4n) is 3.73. The second-order valence-electron chi connectivity index (χ2n) is 6.80. The minimum atomic E-state index is -1.12. The van der Waals surface area contributed by atoms with Gasteiger partial charge in [0.1, 0.15) is 24.5 Å². The molecule has 1 N–H and O–H groups in total. The Bertz CT molecular complexity index is 1010. The van der Waals surface area contributed by atoms with Gasteiger partial charge in [-0.15, -0.1) is 0 Å². The SMILES string of the molecule is COC(=O)c1ccc(COC(=O)CN2C(=O)N[C@@]3(CCc4ccccc43)C2=O)o1. The first-order valence-electron chi connectivity index (χ1n) is 9.00. The number of methoxy groups -OCH3 is 1. The van der Waals surface area contributed by atoms with Crippen molar-refractivity contribution in [2.24, 2.45) is 0 Å². The van der Waals surface area contributed by atoms with Gasteiger partial charge in [0.2, 0.25) is 5.76 Å². The number of esters is 2. The highest BCUT2D eigenvalue weighted by Gasteiger charge is 2.55. The summed E-state index contributed by atoms with van der Waals surface area (Å²) in [6.45, 7) is -0.757. The summed E-state index contributed by atoms with van der Waals surface area (Å²) in [5.41, 5.74) is 0.648. The Kier molecular flexibility index (Phi) is 4.57. The Morgan fingerprint density at radius 2 is 2.00 bits per heavy atom. The van der Waals surface area contributed by atoms with E-state index in [4.69, 9.17) is 9.15 Å². The van der Waals surface area contributed by atoms with E-state index in [9.17, 15) is 19.2 Å². The van der Waals surface area contributed by atoms with E-state index in [1.807, 2.05) is 24.3 Å². The van der Waals surface area contributed by atoms with Crippen LogP contribution in [0.2, 0.25) is 0 Å². The van der Waals surface area contributed by atoms with Gasteiger partial charge in [-0.1, -0.05) is 24.3 Å². The van der Waals surface area contributed by atoms with Crippen LogP contribution in [0.15, 0.2) is 40.8 Å². The second-order valence-corrected chi connectivity index (χ2v) is 6.80. The Morgan fingerprint density at radius 1 is 1.21 bits per heavy atom. The van der Waals surface area contributed by atoms with Gasteiger partial charge in [0.05, 0.1) is 7.11 Å². The average molecular weight is 398 g/mol.